The molecule has 3 rings (SSSR count). The fourth-order valence-corrected chi connectivity index (χ4v) is 3.66. The molecule has 0 spiro atoms. The van der Waals surface area contributed by atoms with Crippen molar-refractivity contribution in [2.45, 2.75) is 24.8 Å². The van der Waals surface area contributed by atoms with E-state index in [0.717, 1.165) is 18.4 Å². The molecule has 120 valence electrons. The summed E-state index contributed by atoms with van der Waals surface area (Å²) in [6, 6.07) is 11.3. The van der Waals surface area contributed by atoms with Crippen LogP contribution in [0.3, 0.4) is 0 Å². The molecule has 0 unspecified atom stereocenters. The molecule has 2 amide bonds. The van der Waals surface area contributed by atoms with Crippen LogP contribution in [0, 0.1) is 0 Å². The second-order valence-electron chi connectivity index (χ2n) is 5.71. The van der Waals surface area contributed by atoms with E-state index < -0.39 is 11.8 Å². The quantitative estimate of drug-likeness (QED) is 0.816. The number of thiophene rings is 1. The van der Waals surface area contributed by atoms with Gasteiger partial charge >= 0.3 is 11.8 Å². The van der Waals surface area contributed by atoms with Crippen LogP contribution in [0.15, 0.2) is 41.8 Å². The summed E-state index contributed by atoms with van der Waals surface area (Å²) in [5.41, 5.74) is 0.819. The van der Waals surface area contributed by atoms with E-state index in [4.69, 9.17) is 11.6 Å². The topological polar surface area (TPSA) is 58.2 Å². The van der Waals surface area contributed by atoms with Crippen molar-refractivity contribution < 1.29 is 9.59 Å². The van der Waals surface area contributed by atoms with Crippen LogP contribution in [0.5, 0.6) is 0 Å². The number of benzene rings is 1. The zero-order valence-electron chi connectivity index (χ0n) is 12.5. The number of carbonyl (C=O) groups excluding carboxylic acids is 2. The van der Waals surface area contributed by atoms with Gasteiger partial charge in [0.2, 0.25) is 0 Å². The molecule has 1 aliphatic rings. The molecule has 6 heteroatoms. The Hall–Kier alpha value is -1.85. The first kappa shape index (κ1) is 16.0. The van der Waals surface area contributed by atoms with Crippen LogP contribution in [0.1, 0.15) is 23.3 Å². The van der Waals surface area contributed by atoms with Gasteiger partial charge in [-0.2, -0.15) is 0 Å². The standard InChI is InChI=1S/C17H17ClN2O2S/c18-13-5-2-1-4-12(13)10-19-15(21)16(22)20-11-17(7-8-17)14-6-3-9-23-14/h1-6,9H,7-8,10-11H2,(H,19,21)(H,20,22). The molecular weight excluding hydrogens is 332 g/mol. The van der Waals surface area contributed by atoms with E-state index in [-0.39, 0.29) is 12.0 Å². The molecule has 1 heterocycles. The third-order valence-corrected chi connectivity index (χ3v) is 5.57. The maximum absolute atomic E-state index is 11.9. The fraction of sp³-hybridized carbons (Fsp3) is 0.294. The Bertz CT molecular complexity index is 711. The highest BCUT2D eigenvalue weighted by molar-refractivity contribution is 7.10. The highest BCUT2D eigenvalue weighted by Crippen LogP contribution is 2.49. The Balaban J connectivity index is 1.49. The van der Waals surface area contributed by atoms with E-state index in [1.165, 1.54) is 4.88 Å². The molecule has 1 aromatic heterocycles. The van der Waals surface area contributed by atoms with Crippen LogP contribution in [0.4, 0.5) is 0 Å². The Kier molecular flexibility index (Phi) is 4.68. The van der Waals surface area contributed by atoms with Crippen molar-refractivity contribution in [2.75, 3.05) is 6.54 Å². The van der Waals surface area contributed by atoms with Gasteiger partial charge in [0.05, 0.1) is 0 Å². The first-order chi connectivity index (χ1) is 11.1. The summed E-state index contributed by atoms with van der Waals surface area (Å²) in [6.45, 7) is 0.744. The van der Waals surface area contributed by atoms with E-state index >= 15 is 0 Å². The van der Waals surface area contributed by atoms with Gasteiger partial charge in [0.1, 0.15) is 0 Å². The van der Waals surface area contributed by atoms with Crippen molar-refractivity contribution in [1.29, 1.82) is 0 Å². The lowest BCUT2D eigenvalue weighted by atomic mass is 10.1. The number of hydrogen-bond acceptors (Lipinski definition) is 3. The highest BCUT2D eigenvalue weighted by Gasteiger charge is 2.45. The number of halogens is 1. The number of rotatable bonds is 5. The summed E-state index contributed by atoms with van der Waals surface area (Å²) >= 11 is 7.72. The molecule has 1 saturated carbocycles. The maximum Gasteiger partial charge on any atom is 0.309 e. The highest BCUT2D eigenvalue weighted by atomic mass is 35.5. The lowest BCUT2D eigenvalue weighted by Crippen LogP contribution is -2.42. The van der Waals surface area contributed by atoms with Gasteiger partial charge in [-0.3, -0.25) is 9.59 Å². The van der Waals surface area contributed by atoms with E-state index in [0.29, 0.717) is 11.6 Å². The van der Waals surface area contributed by atoms with E-state index in [9.17, 15) is 9.59 Å². The molecule has 0 radical (unpaired) electrons. The monoisotopic (exact) mass is 348 g/mol. The van der Waals surface area contributed by atoms with Gasteiger partial charge in [-0.25, -0.2) is 0 Å². The average Bonchev–Trinajstić information content (AvgIpc) is 3.14. The molecule has 1 aromatic carbocycles. The van der Waals surface area contributed by atoms with Crippen molar-refractivity contribution >= 4 is 34.8 Å². The Labute approximate surface area is 143 Å². The van der Waals surface area contributed by atoms with Gasteiger partial charge in [-0.05, 0) is 35.9 Å². The van der Waals surface area contributed by atoms with Gasteiger partial charge in [0.15, 0.2) is 0 Å². The Morgan fingerprint density at radius 2 is 1.83 bits per heavy atom. The van der Waals surface area contributed by atoms with E-state index in [1.54, 1.807) is 17.4 Å². The molecule has 1 fully saturated rings. The van der Waals surface area contributed by atoms with Crippen molar-refractivity contribution in [3.8, 4) is 0 Å². The number of nitrogens with one attached hydrogen (secondary N) is 2. The zero-order valence-corrected chi connectivity index (χ0v) is 14.0. The minimum absolute atomic E-state index is 0.0346. The molecule has 0 aliphatic heterocycles. The van der Waals surface area contributed by atoms with Gasteiger partial charge in [-0.15, -0.1) is 11.3 Å². The predicted molar refractivity (Wildman–Crippen MR) is 91.5 cm³/mol. The molecule has 0 saturated heterocycles. The lowest BCUT2D eigenvalue weighted by molar-refractivity contribution is -0.139. The minimum Gasteiger partial charge on any atom is -0.347 e. The molecule has 2 aromatic rings. The summed E-state index contributed by atoms with van der Waals surface area (Å²) < 4.78 is 0. The lowest BCUT2D eigenvalue weighted by Gasteiger charge is -2.14. The van der Waals surface area contributed by atoms with Gasteiger partial charge in [0, 0.05) is 28.4 Å². The number of amides is 2. The maximum atomic E-state index is 11.9. The smallest absolute Gasteiger partial charge is 0.309 e. The van der Waals surface area contributed by atoms with Crippen LogP contribution in [-0.2, 0) is 21.5 Å². The number of carbonyl (C=O) groups is 2. The molecule has 0 atom stereocenters. The van der Waals surface area contributed by atoms with Crippen LogP contribution in [0.2, 0.25) is 5.02 Å². The van der Waals surface area contributed by atoms with Gasteiger partial charge < -0.3 is 10.6 Å². The second-order valence-corrected chi connectivity index (χ2v) is 7.07. The molecule has 1 aliphatic carbocycles. The van der Waals surface area contributed by atoms with E-state index in [1.807, 2.05) is 29.6 Å². The summed E-state index contributed by atoms with van der Waals surface area (Å²) in [5, 5.41) is 7.95. The third-order valence-electron chi connectivity index (χ3n) is 4.09. The van der Waals surface area contributed by atoms with Gasteiger partial charge in [-0.1, -0.05) is 35.9 Å². The van der Waals surface area contributed by atoms with Crippen LogP contribution < -0.4 is 10.6 Å². The average molecular weight is 349 g/mol. The predicted octanol–water partition coefficient (Wildman–Crippen LogP) is 2.87. The SMILES string of the molecule is O=C(NCc1ccccc1Cl)C(=O)NCC1(c2cccs2)CC1. The minimum atomic E-state index is -0.633. The van der Waals surface area contributed by atoms with E-state index in [2.05, 4.69) is 16.7 Å². The van der Waals surface area contributed by atoms with Crippen molar-refractivity contribution in [2.24, 2.45) is 0 Å². The number of hydrogen-bond donors (Lipinski definition) is 2. The molecule has 2 N–H and O–H groups in total. The molecule has 23 heavy (non-hydrogen) atoms. The van der Waals surface area contributed by atoms with Crippen molar-refractivity contribution in [3.63, 3.8) is 0 Å². The first-order valence-corrected chi connectivity index (χ1v) is 8.70. The molecule has 4 nitrogen and oxygen atoms in total. The van der Waals surface area contributed by atoms with Crippen molar-refractivity contribution in [3.05, 3.63) is 57.2 Å². The summed E-state index contributed by atoms with van der Waals surface area (Å²) in [4.78, 5) is 25.1. The van der Waals surface area contributed by atoms with Crippen LogP contribution >= 0.6 is 22.9 Å². The second kappa shape index (κ2) is 6.72. The fourth-order valence-electron chi connectivity index (χ4n) is 2.47. The molecular formula is C17H17ClN2O2S. The summed E-state index contributed by atoms with van der Waals surface area (Å²) in [7, 11) is 0. The normalized spacial score (nSPS) is 15.0. The Morgan fingerprint density at radius 3 is 2.48 bits per heavy atom. The van der Waals surface area contributed by atoms with Crippen LogP contribution in [-0.4, -0.2) is 18.4 Å². The van der Waals surface area contributed by atoms with Crippen LogP contribution in [0.25, 0.3) is 0 Å². The Morgan fingerprint density at radius 1 is 1.09 bits per heavy atom. The van der Waals surface area contributed by atoms with Gasteiger partial charge in [0.25, 0.3) is 0 Å². The molecule has 0 bridgehead atoms. The third kappa shape index (κ3) is 3.74. The zero-order chi connectivity index (χ0) is 16.3. The summed E-state index contributed by atoms with van der Waals surface area (Å²) in [6.07, 6.45) is 2.10. The summed E-state index contributed by atoms with van der Waals surface area (Å²) in [5.74, 6) is -1.23. The van der Waals surface area contributed by atoms with Crippen molar-refractivity contribution in [1.82, 2.24) is 10.6 Å². The first-order valence-electron chi connectivity index (χ1n) is 7.44. The largest absolute Gasteiger partial charge is 0.347 e.